The standard InChI is InChI=1S/C21H23ClN2O3/c22-18-8-6-16(7-9-18)19(21(26)27)23-20(25)17-10-12-24(13-11-17)14-15-4-2-1-3-5-15/h1-9,17,19H,10-14H2,(H,23,25)(H,26,27). The van der Waals surface area contributed by atoms with Crippen LogP contribution in [-0.2, 0) is 16.1 Å². The molecule has 0 saturated carbocycles. The number of hydrogen-bond donors (Lipinski definition) is 2. The summed E-state index contributed by atoms with van der Waals surface area (Å²) in [6.45, 7) is 2.52. The van der Waals surface area contributed by atoms with Crippen LogP contribution < -0.4 is 5.32 Å². The molecule has 0 radical (unpaired) electrons. The van der Waals surface area contributed by atoms with Crippen molar-refractivity contribution >= 4 is 23.5 Å². The number of carbonyl (C=O) groups is 2. The van der Waals surface area contributed by atoms with Crippen molar-refractivity contribution in [3.63, 3.8) is 0 Å². The van der Waals surface area contributed by atoms with Gasteiger partial charge in [0.15, 0.2) is 6.04 Å². The summed E-state index contributed by atoms with van der Waals surface area (Å²) in [7, 11) is 0. The van der Waals surface area contributed by atoms with Crippen LogP contribution in [0.15, 0.2) is 54.6 Å². The van der Waals surface area contributed by atoms with Crippen LogP contribution >= 0.6 is 11.6 Å². The van der Waals surface area contributed by atoms with Crippen molar-refractivity contribution in [2.45, 2.75) is 25.4 Å². The number of nitrogens with zero attached hydrogens (tertiary/aromatic N) is 1. The molecule has 1 saturated heterocycles. The van der Waals surface area contributed by atoms with Crippen LogP contribution in [0, 0.1) is 5.92 Å². The number of rotatable bonds is 6. The highest BCUT2D eigenvalue weighted by molar-refractivity contribution is 6.30. The number of hydrogen-bond acceptors (Lipinski definition) is 3. The Morgan fingerprint density at radius 1 is 1.07 bits per heavy atom. The molecule has 1 fully saturated rings. The number of aliphatic carboxylic acids is 1. The molecule has 0 aromatic heterocycles. The minimum atomic E-state index is -1.08. The smallest absolute Gasteiger partial charge is 0.330 e. The Balaban J connectivity index is 1.55. The largest absolute Gasteiger partial charge is 0.479 e. The molecule has 2 N–H and O–H groups in total. The maximum absolute atomic E-state index is 12.6. The van der Waals surface area contributed by atoms with Gasteiger partial charge in [-0.25, -0.2) is 4.79 Å². The fourth-order valence-corrected chi connectivity index (χ4v) is 3.52. The highest BCUT2D eigenvalue weighted by Crippen LogP contribution is 2.22. The fourth-order valence-electron chi connectivity index (χ4n) is 3.40. The van der Waals surface area contributed by atoms with E-state index in [1.54, 1.807) is 24.3 Å². The lowest BCUT2D eigenvalue weighted by Gasteiger charge is -2.31. The van der Waals surface area contributed by atoms with Crippen molar-refractivity contribution < 1.29 is 14.7 Å². The second-order valence-corrected chi connectivity index (χ2v) is 7.30. The molecule has 0 bridgehead atoms. The molecule has 5 nitrogen and oxygen atoms in total. The average molecular weight is 387 g/mol. The third-order valence-electron chi connectivity index (χ3n) is 4.94. The van der Waals surface area contributed by atoms with E-state index in [0.717, 1.165) is 32.5 Å². The summed E-state index contributed by atoms with van der Waals surface area (Å²) >= 11 is 5.86. The summed E-state index contributed by atoms with van der Waals surface area (Å²) in [5, 5.41) is 12.7. The van der Waals surface area contributed by atoms with Gasteiger partial charge in [-0.3, -0.25) is 9.69 Å². The van der Waals surface area contributed by atoms with Gasteiger partial charge >= 0.3 is 5.97 Å². The first-order valence-electron chi connectivity index (χ1n) is 9.08. The number of carbonyl (C=O) groups excluding carboxylic acids is 1. The molecule has 0 spiro atoms. The maximum Gasteiger partial charge on any atom is 0.330 e. The average Bonchev–Trinajstić information content (AvgIpc) is 2.68. The third kappa shape index (κ3) is 5.31. The molecule has 3 rings (SSSR count). The van der Waals surface area contributed by atoms with Crippen LogP contribution in [0.25, 0.3) is 0 Å². The van der Waals surface area contributed by atoms with Gasteiger partial charge in [0.05, 0.1) is 0 Å². The lowest BCUT2D eigenvalue weighted by atomic mass is 9.94. The third-order valence-corrected chi connectivity index (χ3v) is 5.20. The van der Waals surface area contributed by atoms with Crippen LogP contribution in [0.3, 0.4) is 0 Å². The van der Waals surface area contributed by atoms with E-state index in [1.807, 2.05) is 18.2 Å². The second kappa shape index (κ2) is 9.02. The van der Waals surface area contributed by atoms with Gasteiger partial charge in [-0.1, -0.05) is 54.1 Å². The Bertz CT molecular complexity index is 772. The van der Waals surface area contributed by atoms with Crippen molar-refractivity contribution in [3.8, 4) is 0 Å². The molecule has 27 heavy (non-hydrogen) atoms. The predicted molar refractivity (Wildman–Crippen MR) is 104 cm³/mol. The molecule has 0 aliphatic carbocycles. The number of piperidine rings is 1. The van der Waals surface area contributed by atoms with Gasteiger partial charge in [-0.05, 0) is 49.2 Å². The molecule has 1 heterocycles. The Hall–Kier alpha value is -2.37. The van der Waals surface area contributed by atoms with Gasteiger partial charge in [-0.15, -0.1) is 0 Å². The second-order valence-electron chi connectivity index (χ2n) is 6.87. The lowest BCUT2D eigenvalue weighted by molar-refractivity contribution is -0.143. The van der Waals surface area contributed by atoms with Gasteiger partial charge in [0.2, 0.25) is 5.91 Å². The minimum absolute atomic E-state index is 0.161. The van der Waals surface area contributed by atoms with Crippen molar-refractivity contribution in [3.05, 3.63) is 70.7 Å². The first kappa shape index (κ1) is 19.4. The van der Waals surface area contributed by atoms with E-state index in [0.29, 0.717) is 10.6 Å². The van der Waals surface area contributed by atoms with Crippen molar-refractivity contribution in [2.75, 3.05) is 13.1 Å². The van der Waals surface area contributed by atoms with Crippen molar-refractivity contribution in [2.24, 2.45) is 5.92 Å². The monoisotopic (exact) mass is 386 g/mol. The molecular weight excluding hydrogens is 364 g/mol. The summed E-state index contributed by atoms with van der Waals surface area (Å²) < 4.78 is 0. The SMILES string of the molecule is O=C(NC(C(=O)O)c1ccc(Cl)cc1)C1CCN(Cc2ccccc2)CC1. The Morgan fingerprint density at radius 2 is 1.70 bits per heavy atom. The Morgan fingerprint density at radius 3 is 2.30 bits per heavy atom. The summed E-state index contributed by atoms with van der Waals surface area (Å²) in [5.41, 5.74) is 1.77. The molecular formula is C21H23ClN2O3. The molecule has 1 aliphatic rings. The highest BCUT2D eigenvalue weighted by Gasteiger charge is 2.29. The highest BCUT2D eigenvalue weighted by atomic mass is 35.5. The van der Waals surface area contributed by atoms with Crippen LogP contribution in [0.2, 0.25) is 5.02 Å². The molecule has 1 unspecified atom stereocenters. The van der Waals surface area contributed by atoms with Crippen LogP contribution in [-0.4, -0.2) is 35.0 Å². The molecule has 1 aliphatic heterocycles. The predicted octanol–water partition coefficient (Wildman–Crippen LogP) is 3.49. The van der Waals surface area contributed by atoms with Crippen LogP contribution in [0.5, 0.6) is 0 Å². The van der Waals surface area contributed by atoms with E-state index in [2.05, 4.69) is 22.3 Å². The first-order chi connectivity index (χ1) is 13.0. The summed E-state index contributed by atoms with van der Waals surface area (Å²) in [5.74, 6) is -1.44. The van der Waals surface area contributed by atoms with Crippen LogP contribution in [0.4, 0.5) is 0 Å². The summed E-state index contributed by atoms with van der Waals surface area (Å²) in [6.07, 6.45) is 1.46. The van der Waals surface area contributed by atoms with Crippen molar-refractivity contribution in [1.82, 2.24) is 10.2 Å². The van der Waals surface area contributed by atoms with E-state index in [1.165, 1.54) is 5.56 Å². The first-order valence-corrected chi connectivity index (χ1v) is 9.45. The van der Waals surface area contributed by atoms with Crippen molar-refractivity contribution in [1.29, 1.82) is 0 Å². The van der Waals surface area contributed by atoms with E-state index < -0.39 is 12.0 Å². The van der Waals surface area contributed by atoms with E-state index in [9.17, 15) is 14.7 Å². The van der Waals surface area contributed by atoms with E-state index in [-0.39, 0.29) is 11.8 Å². The van der Waals surface area contributed by atoms with Gasteiger partial charge in [0.25, 0.3) is 0 Å². The molecule has 2 aromatic rings. The Labute approximate surface area is 163 Å². The topological polar surface area (TPSA) is 69.6 Å². The van der Waals surface area contributed by atoms with Gasteiger partial charge in [0, 0.05) is 17.5 Å². The number of carboxylic acid groups (broad SMARTS) is 1. The zero-order chi connectivity index (χ0) is 19.2. The summed E-state index contributed by atoms with van der Waals surface area (Å²) in [6, 6.07) is 15.7. The summed E-state index contributed by atoms with van der Waals surface area (Å²) in [4.78, 5) is 26.5. The zero-order valence-corrected chi connectivity index (χ0v) is 15.7. The van der Waals surface area contributed by atoms with E-state index in [4.69, 9.17) is 11.6 Å². The van der Waals surface area contributed by atoms with E-state index >= 15 is 0 Å². The number of amides is 1. The number of halogens is 1. The minimum Gasteiger partial charge on any atom is -0.479 e. The van der Waals surface area contributed by atoms with Gasteiger partial charge < -0.3 is 10.4 Å². The lowest BCUT2D eigenvalue weighted by Crippen LogP contribution is -2.42. The van der Waals surface area contributed by atoms with Gasteiger partial charge in [0.1, 0.15) is 0 Å². The zero-order valence-electron chi connectivity index (χ0n) is 15.0. The molecule has 1 amide bonds. The normalized spacial score (nSPS) is 16.6. The number of likely N-dealkylation sites (tertiary alicyclic amines) is 1. The number of nitrogens with one attached hydrogen (secondary N) is 1. The van der Waals surface area contributed by atoms with Gasteiger partial charge in [-0.2, -0.15) is 0 Å². The quantitative estimate of drug-likeness (QED) is 0.797. The number of carboxylic acids is 1. The molecule has 2 aromatic carbocycles. The maximum atomic E-state index is 12.6. The number of benzene rings is 2. The Kier molecular flexibility index (Phi) is 6.48. The molecule has 1 atom stereocenters. The molecule has 6 heteroatoms. The van der Waals surface area contributed by atoms with Crippen LogP contribution in [0.1, 0.15) is 30.0 Å². The molecule has 142 valence electrons. The fraction of sp³-hybridized carbons (Fsp3) is 0.333.